The Hall–Kier alpha value is -4.12. The Morgan fingerprint density at radius 3 is 2.74 bits per heavy atom. The van der Waals surface area contributed by atoms with Crippen molar-refractivity contribution >= 4 is 11.5 Å². The van der Waals surface area contributed by atoms with Crippen LogP contribution in [0.15, 0.2) is 47.8 Å². The Morgan fingerprint density at radius 1 is 1.06 bits per heavy atom. The zero-order valence-electron chi connectivity index (χ0n) is 17.2. The van der Waals surface area contributed by atoms with Gasteiger partial charge in [-0.15, -0.1) is 5.10 Å². The highest BCUT2D eigenvalue weighted by atomic mass is 16.1. The summed E-state index contributed by atoms with van der Waals surface area (Å²) in [5.41, 5.74) is 6.80. The molecule has 1 aliphatic rings. The lowest BCUT2D eigenvalue weighted by Crippen LogP contribution is -2.33. The summed E-state index contributed by atoms with van der Waals surface area (Å²) in [7, 11) is 0. The fraction of sp³-hybridized carbons (Fsp3) is 0.217. The smallest absolute Gasteiger partial charge is 0.274 e. The SMILES string of the molecule is Cc1c(N2CCc3ncc(-c4cncc(C#N)c4)cc3C2)nn2c(=O)ccnc2c1C. The second-order valence-corrected chi connectivity index (χ2v) is 7.67. The minimum absolute atomic E-state index is 0.194. The van der Waals surface area contributed by atoms with Crippen LogP contribution in [0.2, 0.25) is 0 Å². The molecule has 0 aromatic carbocycles. The molecule has 0 atom stereocenters. The molecule has 8 heteroatoms. The number of nitrogens with zero attached hydrogens (tertiary/aromatic N) is 7. The van der Waals surface area contributed by atoms with Crippen LogP contribution in [0.4, 0.5) is 5.82 Å². The molecule has 0 unspecified atom stereocenters. The third-order valence-corrected chi connectivity index (χ3v) is 5.79. The van der Waals surface area contributed by atoms with Gasteiger partial charge in [-0.2, -0.15) is 9.78 Å². The molecule has 5 rings (SSSR count). The lowest BCUT2D eigenvalue weighted by Gasteiger charge is -2.31. The van der Waals surface area contributed by atoms with Crippen molar-refractivity contribution in [2.24, 2.45) is 0 Å². The predicted molar refractivity (Wildman–Crippen MR) is 116 cm³/mol. The molecular weight excluding hydrogens is 390 g/mol. The lowest BCUT2D eigenvalue weighted by atomic mass is 10.00. The topological polar surface area (TPSA) is 100 Å². The van der Waals surface area contributed by atoms with Gasteiger partial charge in [-0.1, -0.05) is 0 Å². The summed E-state index contributed by atoms with van der Waals surface area (Å²) in [6.45, 7) is 5.38. The van der Waals surface area contributed by atoms with Crippen molar-refractivity contribution in [3.05, 3.63) is 81.3 Å². The fourth-order valence-corrected chi connectivity index (χ4v) is 3.98. The largest absolute Gasteiger partial charge is 0.350 e. The molecular formula is C23H19N7O. The molecule has 8 nitrogen and oxygen atoms in total. The van der Waals surface area contributed by atoms with Crippen LogP contribution in [0, 0.1) is 25.2 Å². The monoisotopic (exact) mass is 409 g/mol. The Kier molecular flexibility index (Phi) is 4.44. The molecule has 1 aliphatic heterocycles. The molecule has 0 aliphatic carbocycles. The molecule has 31 heavy (non-hydrogen) atoms. The quantitative estimate of drug-likeness (QED) is 0.502. The highest BCUT2D eigenvalue weighted by Crippen LogP contribution is 2.29. The first-order valence-corrected chi connectivity index (χ1v) is 9.98. The Balaban J connectivity index is 1.55. The van der Waals surface area contributed by atoms with Crippen molar-refractivity contribution in [3.8, 4) is 17.2 Å². The van der Waals surface area contributed by atoms with Gasteiger partial charge in [0.1, 0.15) is 6.07 Å². The van der Waals surface area contributed by atoms with Crippen LogP contribution in [-0.4, -0.2) is 31.1 Å². The molecule has 0 saturated heterocycles. The third-order valence-electron chi connectivity index (χ3n) is 5.79. The number of aryl methyl sites for hydroxylation is 1. The van der Waals surface area contributed by atoms with E-state index in [2.05, 4.69) is 37.1 Å². The number of rotatable bonds is 2. The number of pyridine rings is 2. The van der Waals surface area contributed by atoms with Crippen LogP contribution in [0.3, 0.4) is 0 Å². The molecule has 4 aromatic rings. The van der Waals surface area contributed by atoms with Crippen LogP contribution in [0.1, 0.15) is 27.9 Å². The van der Waals surface area contributed by atoms with Gasteiger partial charge in [-0.25, -0.2) is 4.98 Å². The van der Waals surface area contributed by atoms with E-state index >= 15 is 0 Å². The minimum atomic E-state index is -0.194. The Morgan fingerprint density at radius 2 is 1.90 bits per heavy atom. The Bertz CT molecular complexity index is 1430. The molecule has 0 radical (unpaired) electrons. The van der Waals surface area contributed by atoms with E-state index in [0.29, 0.717) is 17.8 Å². The van der Waals surface area contributed by atoms with E-state index in [0.717, 1.165) is 52.3 Å². The van der Waals surface area contributed by atoms with Crippen molar-refractivity contribution in [2.45, 2.75) is 26.8 Å². The van der Waals surface area contributed by atoms with E-state index in [1.54, 1.807) is 12.4 Å². The van der Waals surface area contributed by atoms with Crippen LogP contribution in [-0.2, 0) is 13.0 Å². The number of hydrogen-bond donors (Lipinski definition) is 0. The van der Waals surface area contributed by atoms with Gasteiger partial charge >= 0.3 is 0 Å². The standard InChI is InChI=1S/C23H19N7O/c1-14-15(2)23(28-30-21(31)3-5-26-22(14)30)29-6-4-20-19(13-29)8-18(12-27-20)17-7-16(9-24)10-25-11-17/h3,5,7-8,10-12H,4,6,13H2,1-2H3. The van der Waals surface area contributed by atoms with Crippen molar-refractivity contribution in [2.75, 3.05) is 11.4 Å². The van der Waals surface area contributed by atoms with Gasteiger partial charge in [0.2, 0.25) is 0 Å². The normalized spacial score (nSPS) is 13.1. The van der Waals surface area contributed by atoms with Gasteiger partial charge in [0.25, 0.3) is 5.56 Å². The first-order valence-electron chi connectivity index (χ1n) is 9.98. The number of fused-ring (bicyclic) bond motifs is 2. The summed E-state index contributed by atoms with van der Waals surface area (Å²) in [6, 6.07) is 7.46. The van der Waals surface area contributed by atoms with E-state index in [9.17, 15) is 4.79 Å². The molecule has 0 saturated carbocycles. The average Bonchev–Trinajstić information content (AvgIpc) is 2.81. The predicted octanol–water partition coefficient (Wildman–Crippen LogP) is 2.60. The van der Waals surface area contributed by atoms with Gasteiger partial charge in [-0.3, -0.25) is 14.8 Å². The highest BCUT2D eigenvalue weighted by Gasteiger charge is 2.23. The average molecular weight is 409 g/mol. The zero-order chi connectivity index (χ0) is 21.5. The molecule has 0 amide bonds. The van der Waals surface area contributed by atoms with Gasteiger partial charge in [-0.05, 0) is 31.5 Å². The molecule has 0 spiro atoms. The van der Waals surface area contributed by atoms with Crippen LogP contribution < -0.4 is 10.5 Å². The van der Waals surface area contributed by atoms with Crippen molar-refractivity contribution in [1.82, 2.24) is 24.6 Å². The highest BCUT2D eigenvalue weighted by molar-refractivity contribution is 5.65. The second-order valence-electron chi connectivity index (χ2n) is 7.67. The van der Waals surface area contributed by atoms with Crippen LogP contribution in [0.25, 0.3) is 16.8 Å². The first-order chi connectivity index (χ1) is 15.0. The van der Waals surface area contributed by atoms with Crippen molar-refractivity contribution in [1.29, 1.82) is 5.26 Å². The van der Waals surface area contributed by atoms with E-state index in [4.69, 9.17) is 5.26 Å². The van der Waals surface area contributed by atoms with Crippen molar-refractivity contribution < 1.29 is 0 Å². The van der Waals surface area contributed by atoms with E-state index in [1.165, 1.54) is 16.8 Å². The van der Waals surface area contributed by atoms with E-state index in [-0.39, 0.29) is 5.56 Å². The maximum Gasteiger partial charge on any atom is 0.274 e. The zero-order valence-corrected chi connectivity index (χ0v) is 17.2. The molecule has 152 valence electrons. The van der Waals surface area contributed by atoms with Crippen molar-refractivity contribution in [3.63, 3.8) is 0 Å². The summed E-state index contributed by atoms with van der Waals surface area (Å²) < 4.78 is 1.38. The third kappa shape index (κ3) is 3.20. The second kappa shape index (κ2) is 7.29. The Labute approximate surface area is 178 Å². The first kappa shape index (κ1) is 18.9. The van der Waals surface area contributed by atoms with Crippen LogP contribution in [0.5, 0.6) is 0 Å². The molecule has 0 bridgehead atoms. The van der Waals surface area contributed by atoms with E-state index in [1.807, 2.05) is 26.1 Å². The lowest BCUT2D eigenvalue weighted by molar-refractivity contribution is 0.684. The van der Waals surface area contributed by atoms with Gasteiger partial charge < -0.3 is 4.90 Å². The van der Waals surface area contributed by atoms with E-state index < -0.39 is 0 Å². The summed E-state index contributed by atoms with van der Waals surface area (Å²) in [5, 5.41) is 13.8. The molecule has 5 heterocycles. The number of nitriles is 1. The van der Waals surface area contributed by atoms with Gasteiger partial charge in [0, 0.05) is 78.3 Å². The maximum atomic E-state index is 12.3. The summed E-state index contributed by atoms with van der Waals surface area (Å²) in [5.74, 6) is 0.782. The van der Waals surface area contributed by atoms with Crippen LogP contribution >= 0.6 is 0 Å². The number of aromatic nitrogens is 5. The molecule has 0 fully saturated rings. The summed E-state index contributed by atoms with van der Waals surface area (Å²) >= 11 is 0. The number of anilines is 1. The number of hydrogen-bond acceptors (Lipinski definition) is 7. The maximum absolute atomic E-state index is 12.3. The molecule has 0 N–H and O–H groups in total. The summed E-state index contributed by atoms with van der Waals surface area (Å²) in [4.78, 5) is 27.7. The molecule has 4 aromatic heterocycles. The summed E-state index contributed by atoms with van der Waals surface area (Å²) in [6.07, 6.45) is 7.42. The minimum Gasteiger partial charge on any atom is -0.350 e. The van der Waals surface area contributed by atoms with Gasteiger partial charge in [0.15, 0.2) is 11.5 Å². The fourth-order valence-electron chi connectivity index (χ4n) is 3.98. The van der Waals surface area contributed by atoms with Gasteiger partial charge in [0.05, 0.1) is 5.56 Å².